The number of benzene rings is 1. The van der Waals surface area contributed by atoms with Gasteiger partial charge in [-0.25, -0.2) is 0 Å². The van der Waals surface area contributed by atoms with Crippen LogP contribution in [0.25, 0.3) is 11.8 Å². The van der Waals surface area contributed by atoms with E-state index in [0.717, 1.165) is 24.8 Å². The lowest BCUT2D eigenvalue weighted by molar-refractivity contribution is -0.117. The van der Waals surface area contributed by atoms with Gasteiger partial charge in [0, 0.05) is 0 Å². The largest absolute Gasteiger partial charge is 0.391 e. The van der Waals surface area contributed by atoms with Gasteiger partial charge in [-0.1, -0.05) is 43.2 Å². The fourth-order valence-electron chi connectivity index (χ4n) is 2.91. The third kappa shape index (κ3) is 3.68. The molecule has 24 heavy (non-hydrogen) atoms. The second-order valence-corrected chi connectivity index (χ2v) is 6.01. The number of carbonyl (C=O) groups is 1. The number of rotatable bonds is 4. The lowest BCUT2D eigenvalue weighted by atomic mass is 9.92. The molecule has 2 atom stereocenters. The summed E-state index contributed by atoms with van der Waals surface area (Å²) >= 11 is 0. The average Bonchev–Trinajstić information content (AvgIpc) is 3.01. The maximum Gasteiger partial charge on any atom is 0.270 e. The minimum atomic E-state index is -0.504. The fourth-order valence-corrected chi connectivity index (χ4v) is 2.91. The Labute approximate surface area is 140 Å². The van der Waals surface area contributed by atoms with E-state index in [1.807, 2.05) is 30.3 Å². The van der Waals surface area contributed by atoms with Gasteiger partial charge in [-0.3, -0.25) is 4.79 Å². The number of nitrogens with zero attached hydrogens (tertiary/aromatic N) is 4. The predicted octanol–water partition coefficient (Wildman–Crippen LogP) is 1.40. The molecule has 1 heterocycles. The third-order valence-corrected chi connectivity index (χ3v) is 4.24. The number of hydrogen-bond acceptors (Lipinski definition) is 5. The van der Waals surface area contributed by atoms with Crippen molar-refractivity contribution in [3.8, 4) is 0 Å². The van der Waals surface area contributed by atoms with Gasteiger partial charge in [0.1, 0.15) is 5.70 Å². The quantitative estimate of drug-likeness (QED) is 0.828. The molecule has 2 N–H and O–H groups in total. The average molecular weight is 327 g/mol. The highest BCUT2D eigenvalue weighted by Crippen LogP contribution is 2.20. The number of aliphatic hydroxyl groups is 1. The smallest absolute Gasteiger partial charge is 0.270 e. The first-order chi connectivity index (χ1) is 11.6. The molecule has 2 aromatic rings. The van der Waals surface area contributed by atoms with Gasteiger partial charge in [0.2, 0.25) is 0 Å². The maximum absolute atomic E-state index is 12.8. The minimum absolute atomic E-state index is 0.234. The molecule has 0 bridgehead atoms. The molecule has 2 unspecified atom stereocenters. The van der Waals surface area contributed by atoms with Gasteiger partial charge in [0.15, 0.2) is 5.82 Å². The van der Waals surface area contributed by atoms with Crippen molar-refractivity contribution in [2.75, 3.05) is 0 Å². The number of aliphatic hydroxyl groups excluding tert-OH is 1. The van der Waals surface area contributed by atoms with Crippen LogP contribution in [0.4, 0.5) is 0 Å². The monoisotopic (exact) mass is 327 g/mol. The lowest BCUT2D eigenvalue weighted by Crippen LogP contribution is -2.45. The Bertz CT molecular complexity index is 726. The number of aromatic nitrogens is 4. The van der Waals surface area contributed by atoms with Crippen molar-refractivity contribution >= 4 is 17.7 Å². The van der Waals surface area contributed by atoms with Gasteiger partial charge < -0.3 is 10.4 Å². The summed E-state index contributed by atoms with van der Waals surface area (Å²) in [5.41, 5.74) is 1.21. The van der Waals surface area contributed by atoms with Crippen molar-refractivity contribution in [2.45, 2.75) is 44.8 Å². The zero-order chi connectivity index (χ0) is 16.9. The first-order valence-corrected chi connectivity index (χ1v) is 8.16. The van der Waals surface area contributed by atoms with Crippen LogP contribution in [0.1, 0.15) is 37.1 Å². The Hall–Kier alpha value is -2.54. The third-order valence-electron chi connectivity index (χ3n) is 4.24. The summed E-state index contributed by atoms with van der Waals surface area (Å²) in [6.45, 7) is 1.74. The van der Waals surface area contributed by atoms with Crippen LogP contribution in [-0.2, 0) is 4.79 Å². The van der Waals surface area contributed by atoms with E-state index in [1.165, 1.54) is 4.68 Å². The zero-order valence-corrected chi connectivity index (χ0v) is 13.6. The van der Waals surface area contributed by atoms with Crippen LogP contribution in [-0.4, -0.2) is 43.4 Å². The number of tetrazole rings is 1. The molecule has 1 aliphatic carbocycles. The standard InChI is InChI=1S/C17H21N5O2/c1-12-19-20-21-22(12)15(11-13-7-3-2-4-8-13)17(24)18-14-9-5-6-10-16(14)23/h2-4,7-8,11,14,16,23H,5-6,9-10H2,1H3,(H,18,24)/b15-11+. The SMILES string of the molecule is Cc1nnnn1/C(=C/c1ccccc1)C(=O)NC1CCCCC1O. The molecule has 0 radical (unpaired) electrons. The fraction of sp³-hybridized carbons (Fsp3) is 0.412. The predicted molar refractivity (Wildman–Crippen MR) is 89.6 cm³/mol. The van der Waals surface area contributed by atoms with Crippen LogP contribution >= 0.6 is 0 Å². The highest BCUT2D eigenvalue weighted by atomic mass is 16.3. The first-order valence-electron chi connectivity index (χ1n) is 8.16. The van der Waals surface area contributed by atoms with Gasteiger partial charge in [-0.2, -0.15) is 4.68 Å². The molecule has 7 nitrogen and oxygen atoms in total. The molecule has 3 rings (SSSR count). The second kappa shape index (κ2) is 7.35. The van der Waals surface area contributed by atoms with Crippen molar-refractivity contribution < 1.29 is 9.90 Å². The normalized spacial score (nSPS) is 21.5. The van der Waals surface area contributed by atoms with Gasteiger partial charge in [-0.05, 0) is 41.8 Å². The summed E-state index contributed by atoms with van der Waals surface area (Å²) in [5.74, 6) is 0.233. The summed E-state index contributed by atoms with van der Waals surface area (Å²) in [7, 11) is 0. The van der Waals surface area contributed by atoms with Crippen molar-refractivity contribution in [3.05, 3.63) is 41.7 Å². The van der Waals surface area contributed by atoms with Crippen LogP contribution in [0.5, 0.6) is 0 Å². The van der Waals surface area contributed by atoms with Gasteiger partial charge in [-0.15, -0.1) is 5.10 Å². The molecule has 7 heteroatoms. The number of hydrogen-bond donors (Lipinski definition) is 2. The molecule has 1 aromatic carbocycles. The summed E-state index contributed by atoms with van der Waals surface area (Å²) in [6.07, 6.45) is 4.73. The summed E-state index contributed by atoms with van der Waals surface area (Å²) in [5, 5.41) is 24.4. The van der Waals surface area contributed by atoms with Crippen LogP contribution in [0.3, 0.4) is 0 Å². The summed E-state index contributed by atoms with van der Waals surface area (Å²) < 4.78 is 1.41. The highest BCUT2D eigenvalue weighted by molar-refractivity contribution is 6.18. The van der Waals surface area contributed by atoms with Crippen molar-refractivity contribution in [3.63, 3.8) is 0 Å². The van der Waals surface area contributed by atoms with E-state index >= 15 is 0 Å². The van der Waals surface area contributed by atoms with E-state index in [1.54, 1.807) is 13.0 Å². The van der Waals surface area contributed by atoms with E-state index in [0.29, 0.717) is 17.9 Å². The Morgan fingerprint density at radius 2 is 2.04 bits per heavy atom. The van der Waals surface area contributed by atoms with Crippen LogP contribution < -0.4 is 5.32 Å². The molecular weight excluding hydrogens is 306 g/mol. The zero-order valence-electron chi connectivity index (χ0n) is 13.6. The van der Waals surface area contributed by atoms with E-state index in [2.05, 4.69) is 20.8 Å². The Balaban J connectivity index is 1.88. The van der Waals surface area contributed by atoms with Crippen molar-refractivity contribution in [1.82, 2.24) is 25.5 Å². The summed E-state index contributed by atoms with van der Waals surface area (Å²) in [6, 6.07) is 9.29. The maximum atomic E-state index is 12.8. The Morgan fingerprint density at radius 1 is 1.29 bits per heavy atom. The number of aryl methyl sites for hydroxylation is 1. The molecule has 1 aromatic heterocycles. The van der Waals surface area contributed by atoms with E-state index < -0.39 is 6.10 Å². The Morgan fingerprint density at radius 3 is 2.71 bits per heavy atom. The minimum Gasteiger partial charge on any atom is -0.391 e. The molecule has 1 fully saturated rings. The first kappa shape index (κ1) is 16.3. The molecule has 0 saturated heterocycles. The highest BCUT2D eigenvalue weighted by Gasteiger charge is 2.26. The van der Waals surface area contributed by atoms with E-state index in [9.17, 15) is 9.90 Å². The molecule has 1 saturated carbocycles. The van der Waals surface area contributed by atoms with Gasteiger partial charge >= 0.3 is 0 Å². The lowest BCUT2D eigenvalue weighted by Gasteiger charge is -2.28. The number of amides is 1. The topological polar surface area (TPSA) is 92.9 Å². The number of carbonyl (C=O) groups excluding carboxylic acids is 1. The van der Waals surface area contributed by atoms with Crippen LogP contribution in [0.2, 0.25) is 0 Å². The van der Waals surface area contributed by atoms with Crippen LogP contribution in [0, 0.1) is 6.92 Å². The summed E-state index contributed by atoms with van der Waals surface area (Å²) in [4.78, 5) is 12.8. The Kier molecular flexibility index (Phi) is 5.00. The van der Waals surface area contributed by atoms with E-state index in [4.69, 9.17) is 0 Å². The van der Waals surface area contributed by atoms with E-state index in [-0.39, 0.29) is 11.9 Å². The molecule has 0 aliphatic heterocycles. The van der Waals surface area contributed by atoms with Crippen molar-refractivity contribution in [2.24, 2.45) is 0 Å². The second-order valence-electron chi connectivity index (χ2n) is 6.01. The van der Waals surface area contributed by atoms with Gasteiger partial charge in [0.05, 0.1) is 12.1 Å². The molecular formula is C17H21N5O2. The molecule has 0 spiro atoms. The van der Waals surface area contributed by atoms with Crippen molar-refractivity contribution in [1.29, 1.82) is 0 Å². The molecule has 1 aliphatic rings. The van der Waals surface area contributed by atoms with Gasteiger partial charge in [0.25, 0.3) is 5.91 Å². The molecule has 126 valence electrons. The molecule has 1 amide bonds. The van der Waals surface area contributed by atoms with Crippen LogP contribution in [0.15, 0.2) is 30.3 Å². The number of nitrogens with one attached hydrogen (secondary N) is 1.